The molecule has 1 heterocycles. The molecule has 1 aliphatic heterocycles. The van der Waals surface area contributed by atoms with E-state index in [9.17, 15) is 0 Å². The minimum atomic E-state index is 0.706. The fourth-order valence-electron chi connectivity index (χ4n) is 3.86. The van der Waals surface area contributed by atoms with Crippen LogP contribution in [0.15, 0.2) is 0 Å². The normalized spacial score (nSPS) is 36.5. The monoisotopic (exact) mass is 270 g/mol. The molecular weight excluding hydrogens is 240 g/mol. The van der Waals surface area contributed by atoms with Gasteiger partial charge in [-0.15, -0.1) is 0 Å². The van der Waals surface area contributed by atoms with Crippen molar-refractivity contribution >= 4 is 11.8 Å². The number of nitrogens with one attached hydrogen (secondary N) is 1. The molecule has 0 spiro atoms. The molecular formula is C15H30N2S. The van der Waals surface area contributed by atoms with E-state index in [0.29, 0.717) is 6.04 Å². The summed E-state index contributed by atoms with van der Waals surface area (Å²) in [5.74, 6) is 4.52. The van der Waals surface area contributed by atoms with Crippen LogP contribution in [0.5, 0.6) is 0 Å². The highest BCUT2D eigenvalue weighted by atomic mass is 32.2. The second-order valence-corrected chi connectivity index (χ2v) is 7.29. The summed E-state index contributed by atoms with van der Waals surface area (Å²) in [6, 6.07) is 1.45. The Morgan fingerprint density at radius 1 is 1.39 bits per heavy atom. The fourth-order valence-corrected chi connectivity index (χ4v) is 5.14. The Labute approximate surface area is 117 Å². The van der Waals surface area contributed by atoms with E-state index in [-0.39, 0.29) is 0 Å². The Bertz CT molecular complexity index is 247. The van der Waals surface area contributed by atoms with Gasteiger partial charge in [0.05, 0.1) is 0 Å². The molecule has 2 nitrogen and oxygen atoms in total. The first-order valence-corrected chi connectivity index (χ1v) is 8.87. The first-order valence-electron chi connectivity index (χ1n) is 7.71. The molecule has 0 radical (unpaired) electrons. The van der Waals surface area contributed by atoms with Crippen molar-refractivity contribution in [1.82, 2.24) is 10.2 Å². The molecule has 0 amide bonds. The lowest BCUT2D eigenvalue weighted by Crippen LogP contribution is -2.55. The summed E-state index contributed by atoms with van der Waals surface area (Å²) in [5.41, 5.74) is 0. The van der Waals surface area contributed by atoms with Gasteiger partial charge in [-0.25, -0.2) is 0 Å². The minimum Gasteiger partial charge on any atom is -0.315 e. The third-order valence-corrected chi connectivity index (χ3v) is 6.15. The molecule has 106 valence electrons. The topological polar surface area (TPSA) is 15.3 Å². The Hall–Kier alpha value is 0.270. The van der Waals surface area contributed by atoms with E-state index >= 15 is 0 Å². The van der Waals surface area contributed by atoms with Crippen LogP contribution >= 0.6 is 11.8 Å². The first-order chi connectivity index (χ1) is 8.76. The average molecular weight is 270 g/mol. The van der Waals surface area contributed by atoms with Crippen LogP contribution in [-0.4, -0.2) is 49.1 Å². The Morgan fingerprint density at radius 3 is 2.89 bits per heavy atom. The van der Waals surface area contributed by atoms with Gasteiger partial charge in [0, 0.05) is 30.1 Å². The van der Waals surface area contributed by atoms with Crippen LogP contribution in [-0.2, 0) is 0 Å². The maximum atomic E-state index is 3.66. The van der Waals surface area contributed by atoms with Gasteiger partial charge in [0.1, 0.15) is 0 Å². The van der Waals surface area contributed by atoms with Crippen molar-refractivity contribution in [2.45, 2.75) is 51.1 Å². The highest BCUT2D eigenvalue weighted by Gasteiger charge is 2.34. The van der Waals surface area contributed by atoms with Crippen LogP contribution < -0.4 is 5.32 Å². The molecule has 2 rings (SSSR count). The second kappa shape index (κ2) is 7.16. The predicted molar refractivity (Wildman–Crippen MR) is 82.3 cm³/mol. The van der Waals surface area contributed by atoms with E-state index in [1.54, 1.807) is 0 Å². The summed E-state index contributed by atoms with van der Waals surface area (Å²) in [6.45, 7) is 3.63. The molecule has 1 saturated carbocycles. The van der Waals surface area contributed by atoms with E-state index in [2.05, 4.69) is 43.0 Å². The maximum absolute atomic E-state index is 3.66. The number of hydrogen-bond acceptors (Lipinski definition) is 3. The molecule has 2 fully saturated rings. The van der Waals surface area contributed by atoms with E-state index in [1.165, 1.54) is 50.2 Å². The summed E-state index contributed by atoms with van der Waals surface area (Å²) >= 11 is 2.14. The van der Waals surface area contributed by atoms with Crippen LogP contribution in [0.1, 0.15) is 39.0 Å². The number of rotatable bonds is 4. The highest BCUT2D eigenvalue weighted by Crippen LogP contribution is 2.35. The number of thioether (sulfide) groups is 1. The van der Waals surface area contributed by atoms with E-state index in [1.807, 2.05) is 0 Å². The van der Waals surface area contributed by atoms with Gasteiger partial charge in [0.15, 0.2) is 0 Å². The molecule has 0 bridgehead atoms. The maximum Gasteiger partial charge on any atom is 0.0339 e. The Morgan fingerprint density at radius 2 is 2.22 bits per heavy atom. The van der Waals surface area contributed by atoms with Crippen molar-refractivity contribution in [2.75, 3.05) is 32.1 Å². The quantitative estimate of drug-likeness (QED) is 0.846. The zero-order valence-corrected chi connectivity index (χ0v) is 13.1. The van der Waals surface area contributed by atoms with E-state index < -0.39 is 0 Å². The molecule has 2 aliphatic rings. The molecule has 1 N–H and O–H groups in total. The lowest BCUT2D eigenvalue weighted by Gasteiger charge is -2.43. The van der Waals surface area contributed by atoms with Crippen molar-refractivity contribution < 1.29 is 0 Å². The summed E-state index contributed by atoms with van der Waals surface area (Å²) in [7, 11) is 4.49. The lowest BCUT2D eigenvalue weighted by atomic mass is 9.75. The van der Waals surface area contributed by atoms with E-state index in [0.717, 1.165) is 17.9 Å². The standard InChI is InChI=1S/C15H30N2S/c1-4-12-6-5-7-13(10-12)15(16-2)14-11-18-9-8-17(14)3/h12-16H,4-11H2,1-3H3. The number of likely N-dealkylation sites (N-methyl/N-ethyl adjacent to an activating group) is 2. The molecule has 4 unspecified atom stereocenters. The summed E-state index contributed by atoms with van der Waals surface area (Å²) in [4.78, 5) is 2.59. The van der Waals surface area contributed by atoms with Gasteiger partial charge in [-0.3, -0.25) is 0 Å². The zero-order chi connectivity index (χ0) is 13.0. The van der Waals surface area contributed by atoms with Gasteiger partial charge < -0.3 is 10.2 Å². The molecule has 18 heavy (non-hydrogen) atoms. The van der Waals surface area contributed by atoms with E-state index in [4.69, 9.17) is 0 Å². The number of nitrogens with zero attached hydrogens (tertiary/aromatic N) is 1. The van der Waals surface area contributed by atoms with Crippen LogP contribution in [0.4, 0.5) is 0 Å². The molecule has 1 aliphatic carbocycles. The Balaban J connectivity index is 1.98. The molecule has 0 aromatic heterocycles. The molecule has 3 heteroatoms. The van der Waals surface area contributed by atoms with Gasteiger partial charge in [0.25, 0.3) is 0 Å². The molecule has 0 aromatic carbocycles. The predicted octanol–water partition coefficient (Wildman–Crippen LogP) is 2.84. The van der Waals surface area contributed by atoms with Gasteiger partial charge in [0.2, 0.25) is 0 Å². The van der Waals surface area contributed by atoms with Crippen molar-refractivity contribution in [3.8, 4) is 0 Å². The minimum absolute atomic E-state index is 0.706. The summed E-state index contributed by atoms with van der Waals surface area (Å²) in [5, 5.41) is 3.66. The smallest absolute Gasteiger partial charge is 0.0339 e. The van der Waals surface area contributed by atoms with Crippen molar-refractivity contribution in [3.05, 3.63) is 0 Å². The molecule has 0 aromatic rings. The lowest BCUT2D eigenvalue weighted by molar-refractivity contribution is 0.136. The van der Waals surface area contributed by atoms with Crippen molar-refractivity contribution in [2.24, 2.45) is 11.8 Å². The molecule has 1 saturated heterocycles. The van der Waals surface area contributed by atoms with Crippen LogP contribution in [0.25, 0.3) is 0 Å². The second-order valence-electron chi connectivity index (χ2n) is 6.14. The van der Waals surface area contributed by atoms with Gasteiger partial charge in [-0.05, 0) is 38.8 Å². The number of hydrogen-bond donors (Lipinski definition) is 1. The Kier molecular flexibility index (Phi) is 5.84. The van der Waals surface area contributed by atoms with Crippen molar-refractivity contribution in [3.63, 3.8) is 0 Å². The third-order valence-electron chi connectivity index (χ3n) is 5.10. The SMILES string of the molecule is CCC1CCCC(C(NC)C2CSCCN2C)C1. The summed E-state index contributed by atoms with van der Waals surface area (Å²) < 4.78 is 0. The third kappa shape index (κ3) is 3.43. The first kappa shape index (κ1) is 14.7. The van der Waals surface area contributed by atoms with Gasteiger partial charge in [-0.1, -0.05) is 26.2 Å². The van der Waals surface area contributed by atoms with Crippen LogP contribution in [0, 0.1) is 11.8 Å². The largest absolute Gasteiger partial charge is 0.315 e. The zero-order valence-electron chi connectivity index (χ0n) is 12.3. The average Bonchev–Trinajstić information content (AvgIpc) is 2.42. The molecule has 4 atom stereocenters. The highest BCUT2D eigenvalue weighted by molar-refractivity contribution is 7.99. The van der Waals surface area contributed by atoms with Crippen molar-refractivity contribution in [1.29, 1.82) is 0 Å². The fraction of sp³-hybridized carbons (Fsp3) is 1.00. The van der Waals surface area contributed by atoms with Gasteiger partial charge in [-0.2, -0.15) is 11.8 Å². The van der Waals surface area contributed by atoms with Crippen LogP contribution in [0.3, 0.4) is 0 Å². The summed E-state index contributed by atoms with van der Waals surface area (Å²) in [6.07, 6.45) is 7.19. The van der Waals surface area contributed by atoms with Crippen LogP contribution in [0.2, 0.25) is 0 Å². The van der Waals surface area contributed by atoms with Gasteiger partial charge >= 0.3 is 0 Å².